The fraction of sp³-hybridized carbons (Fsp3) is 0.538. The van der Waals surface area contributed by atoms with E-state index in [4.69, 9.17) is 9.47 Å². The molecule has 2 bridgehead atoms. The van der Waals surface area contributed by atoms with Crippen LogP contribution in [0, 0.1) is 0 Å². The van der Waals surface area contributed by atoms with Gasteiger partial charge in [-0.3, -0.25) is 9.98 Å². The lowest BCUT2D eigenvalue weighted by Crippen LogP contribution is -2.42. The molecule has 34 heavy (non-hydrogen) atoms. The van der Waals surface area contributed by atoms with Crippen LogP contribution in [0.1, 0.15) is 45.4 Å². The molecule has 3 aliphatic rings. The molecule has 0 amide bonds. The van der Waals surface area contributed by atoms with Crippen molar-refractivity contribution >= 4 is 28.4 Å². The van der Waals surface area contributed by atoms with Crippen molar-refractivity contribution in [2.24, 2.45) is 9.98 Å². The van der Waals surface area contributed by atoms with Gasteiger partial charge >= 0.3 is 0 Å². The molecule has 3 heterocycles. The minimum Gasteiger partial charge on any atom is -0.488 e. The van der Waals surface area contributed by atoms with E-state index in [2.05, 4.69) is 48.9 Å². The van der Waals surface area contributed by atoms with Gasteiger partial charge in [0.2, 0.25) is 0 Å². The van der Waals surface area contributed by atoms with E-state index < -0.39 is 0 Å². The molecular weight excluding hydrogens is 428 g/mol. The lowest BCUT2D eigenvalue weighted by atomic mass is 9.93. The largest absolute Gasteiger partial charge is 0.488 e. The highest BCUT2D eigenvalue weighted by Gasteiger charge is 2.34. The average Bonchev–Trinajstić information content (AvgIpc) is 3.21. The third kappa shape index (κ3) is 5.06. The molecule has 0 spiro atoms. The van der Waals surface area contributed by atoms with Crippen molar-refractivity contribution in [1.82, 2.24) is 15.3 Å². The predicted molar refractivity (Wildman–Crippen MR) is 136 cm³/mol. The zero-order chi connectivity index (χ0) is 23.5. The maximum Gasteiger partial charge on any atom is 0.149 e. The van der Waals surface area contributed by atoms with E-state index in [1.54, 1.807) is 25.5 Å². The first kappa shape index (κ1) is 22.8. The van der Waals surface area contributed by atoms with Crippen LogP contribution >= 0.6 is 0 Å². The topological polar surface area (TPSA) is 84.2 Å². The van der Waals surface area contributed by atoms with Gasteiger partial charge < -0.3 is 19.7 Å². The first-order valence-electron chi connectivity index (χ1n) is 12.3. The summed E-state index contributed by atoms with van der Waals surface area (Å²) < 4.78 is 12.6. The fourth-order valence-electron chi connectivity index (χ4n) is 5.20. The Morgan fingerprint density at radius 1 is 1.12 bits per heavy atom. The lowest BCUT2D eigenvalue weighted by molar-refractivity contribution is 0.0305. The van der Waals surface area contributed by atoms with Crippen LogP contribution in [0.5, 0.6) is 5.75 Å². The Labute approximate surface area is 201 Å². The number of hydrogen-bond donors (Lipinski definition) is 1. The number of ether oxygens (including phenoxy) is 2. The quantitative estimate of drug-likeness (QED) is 0.536. The summed E-state index contributed by atoms with van der Waals surface area (Å²) in [5.74, 6) is 2.35. The molecule has 2 aromatic rings. The number of anilines is 1. The van der Waals surface area contributed by atoms with Gasteiger partial charge in [-0.05, 0) is 57.6 Å². The number of amidine groups is 2. The molecule has 180 valence electrons. The van der Waals surface area contributed by atoms with E-state index >= 15 is 0 Å². The van der Waals surface area contributed by atoms with Crippen LogP contribution in [-0.4, -0.2) is 66.1 Å². The fourth-order valence-corrected chi connectivity index (χ4v) is 5.20. The highest BCUT2D eigenvalue weighted by Crippen LogP contribution is 2.35. The maximum absolute atomic E-state index is 6.57. The molecule has 2 aliphatic heterocycles. The standard InChI is InChI=1S/C26H34N6O2/c1-4-25(30-17(2)27-3)31-18-5-7-20(8-6-18)34-24-14-19(13-23-26(24)29-12-11-28-23)32-15-21-9-10-22(16-32)33-21/h4,11-14,18,20-22H,1,5-10,15-16H2,2-3H3,(H,27,30,31)/t18-,20+,21?,22?. The molecule has 2 saturated heterocycles. The number of aromatic nitrogens is 2. The molecule has 2 atom stereocenters. The van der Waals surface area contributed by atoms with Crippen LogP contribution < -0.4 is 15.0 Å². The van der Waals surface area contributed by atoms with Gasteiger partial charge in [0.25, 0.3) is 0 Å². The monoisotopic (exact) mass is 462 g/mol. The Morgan fingerprint density at radius 3 is 2.56 bits per heavy atom. The van der Waals surface area contributed by atoms with Crippen molar-refractivity contribution in [2.75, 3.05) is 25.0 Å². The third-order valence-corrected chi connectivity index (χ3v) is 7.05. The zero-order valence-corrected chi connectivity index (χ0v) is 20.1. The number of nitrogens with one attached hydrogen (secondary N) is 1. The van der Waals surface area contributed by atoms with Gasteiger partial charge in [-0.2, -0.15) is 0 Å². The third-order valence-electron chi connectivity index (χ3n) is 7.05. The Kier molecular flexibility index (Phi) is 6.76. The number of nitrogens with zero attached hydrogens (tertiary/aromatic N) is 5. The number of benzene rings is 1. The summed E-state index contributed by atoms with van der Waals surface area (Å²) in [6.07, 6.45) is 12.3. The van der Waals surface area contributed by atoms with Crippen LogP contribution in [0.25, 0.3) is 11.0 Å². The maximum atomic E-state index is 6.57. The van der Waals surface area contributed by atoms with E-state index in [0.29, 0.717) is 18.2 Å². The first-order valence-corrected chi connectivity index (χ1v) is 12.3. The number of morpholine rings is 1. The summed E-state index contributed by atoms with van der Waals surface area (Å²) in [7, 11) is 1.74. The Bertz CT molecular complexity index is 1080. The summed E-state index contributed by atoms with van der Waals surface area (Å²) in [4.78, 5) is 20.2. The van der Waals surface area contributed by atoms with Gasteiger partial charge in [-0.25, -0.2) is 9.98 Å². The number of fused-ring (bicyclic) bond motifs is 3. The van der Waals surface area contributed by atoms with E-state index in [0.717, 1.165) is 85.8 Å². The normalized spacial score (nSPS) is 27.6. The van der Waals surface area contributed by atoms with Crippen LogP contribution in [0.3, 0.4) is 0 Å². The van der Waals surface area contributed by atoms with Crippen molar-refractivity contribution in [3.05, 3.63) is 37.2 Å². The lowest BCUT2D eigenvalue weighted by Gasteiger charge is -2.34. The Balaban J connectivity index is 1.28. The van der Waals surface area contributed by atoms with Gasteiger partial charge in [0.1, 0.15) is 22.9 Å². The molecule has 1 aromatic carbocycles. The Hall–Kier alpha value is -3.00. The van der Waals surface area contributed by atoms with Crippen molar-refractivity contribution in [3.8, 4) is 5.75 Å². The molecule has 3 fully saturated rings. The smallest absolute Gasteiger partial charge is 0.149 e. The van der Waals surface area contributed by atoms with E-state index in [9.17, 15) is 0 Å². The minimum absolute atomic E-state index is 0.155. The number of rotatable bonds is 5. The zero-order valence-electron chi connectivity index (χ0n) is 20.1. The first-order chi connectivity index (χ1) is 16.6. The summed E-state index contributed by atoms with van der Waals surface area (Å²) in [5.41, 5.74) is 2.86. The summed E-state index contributed by atoms with van der Waals surface area (Å²) >= 11 is 0. The van der Waals surface area contributed by atoms with Gasteiger partial charge in [-0.1, -0.05) is 6.58 Å². The SMILES string of the molecule is C=C/C(=N\C(C)=N/C)N[C@H]1CC[C@@H](Oc2cc(N3CC4CCC(C3)O4)cc3nccnc23)CC1. The molecule has 1 saturated carbocycles. The minimum atomic E-state index is 0.155. The second-order valence-electron chi connectivity index (χ2n) is 9.44. The molecular formula is C26H34N6O2. The molecule has 8 nitrogen and oxygen atoms in total. The van der Waals surface area contributed by atoms with Gasteiger partial charge in [-0.15, -0.1) is 0 Å². The van der Waals surface area contributed by atoms with Crippen molar-refractivity contribution < 1.29 is 9.47 Å². The van der Waals surface area contributed by atoms with E-state index in [1.165, 1.54) is 0 Å². The van der Waals surface area contributed by atoms with Crippen molar-refractivity contribution in [3.63, 3.8) is 0 Å². The number of aliphatic imine (C=N–C) groups is 2. The van der Waals surface area contributed by atoms with E-state index in [-0.39, 0.29) is 6.10 Å². The average molecular weight is 463 g/mol. The summed E-state index contributed by atoms with van der Waals surface area (Å²) in [5, 5.41) is 3.51. The highest BCUT2D eigenvalue weighted by molar-refractivity contribution is 6.01. The molecule has 2 unspecified atom stereocenters. The van der Waals surface area contributed by atoms with Gasteiger partial charge in [0.15, 0.2) is 0 Å². The molecule has 0 radical (unpaired) electrons. The second kappa shape index (κ2) is 10.1. The van der Waals surface area contributed by atoms with Crippen molar-refractivity contribution in [1.29, 1.82) is 0 Å². The van der Waals surface area contributed by atoms with Gasteiger partial charge in [0.05, 0.1) is 23.8 Å². The number of hydrogen-bond acceptors (Lipinski definition) is 6. The van der Waals surface area contributed by atoms with Crippen molar-refractivity contribution in [2.45, 2.75) is 69.8 Å². The second-order valence-corrected chi connectivity index (χ2v) is 9.44. The predicted octanol–water partition coefficient (Wildman–Crippen LogP) is 3.91. The molecule has 1 aliphatic carbocycles. The Morgan fingerprint density at radius 2 is 1.85 bits per heavy atom. The highest BCUT2D eigenvalue weighted by atomic mass is 16.5. The summed E-state index contributed by atoms with van der Waals surface area (Å²) in [6, 6.07) is 4.65. The molecule has 1 aromatic heterocycles. The van der Waals surface area contributed by atoms with E-state index in [1.807, 2.05) is 6.92 Å². The van der Waals surface area contributed by atoms with Crippen LogP contribution in [0.2, 0.25) is 0 Å². The van der Waals surface area contributed by atoms with Crippen LogP contribution in [-0.2, 0) is 4.74 Å². The molecule has 1 N–H and O–H groups in total. The summed E-state index contributed by atoms with van der Waals surface area (Å²) in [6.45, 7) is 7.61. The molecule has 8 heteroatoms. The van der Waals surface area contributed by atoms with Crippen LogP contribution in [0.15, 0.2) is 47.2 Å². The van der Waals surface area contributed by atoms with Crippen LogP contribution in [0.4, 0.5) is 5.69 Å². The van der Waals surface area contributed by atoms with Gasteiger partial charge in [0, 0.05) is 50.3 Å². The molecule has 5 rings (SSSR count).